The first-order chi connectivity index (χ1) is 7.67. The molecular weight excluding hydrogens is 202 g/mol. The first-order valence-corrected chi connectivity index (χ1v) is 5.80. The maximum absolute atomic E-state index is 9.83. The van der Waals surface area contributed by atoms with Gasteiger partial charge in [-0.15, -0.1) is 0 Å². The van der Waals surface area contributed by atoms with E-state index in [-0.39, 0.29) is 0 Å². The molecule has 0 radical (unpaired) electrons. The Kier molecular flexibility index (Phi) is 5.12. The number of benzene rings is 1. The van der Waals surface area contributed by atoms with E-state index in [1.807, 2.05) is 19.2 Å². The molecule has 1 N–H and O–H groups in total. The lowest BCUT2D eigenvalue weighted by Gasteiger charge is -2.15. The van der Waals surface area contributed by atoms with Crippen molar-refractivity contribution in [1.29, 1.82) is 0 Å². The summed E-state index contributed by atoms with van der Waals surface area (Å²) in [5, 5.41) is 9.83. The van der Waals surface area contributed by atoms with Crippen LogP contribution in [0, 0.1) is 0 Å². The Bertz CT molecular complexity index is 326. The number of hydrogen-bond acceptors (Lipinski definition) is 3. The van der Waals surface area contributed by atoms with Gasteiger partial charge >= 0.3 is 0 Å². The highest BCUT2D eigenvalue weighted by atomic mass is 16.5. The van der Waals surface area contributed by atoms with Gasteiger partial charge in [0.1, 0.15) is 11.5 Å². The van der Waals surface area contributed by atoms with Crippen LogP contribution in [0.1, 0.15) is 25.8 Å². The van der Waals surface area contributed by atoms with Crippen molar-refractivity contribution < 1.29 is 9.84 Å². The summed E-state index contributed by atoms with van der Waals surface area (Å²) in [5.74, 6) is 1.05. The highest BCUT2D eigenvalue weighted by molar-refractivity contribution is 5.39. The average molecular weight is 223 g/mol. The van der Waals surface area contributed by atoms with Gasteiger partial charge in [-0.25, -0.2) is 0 Å². The van der Waals surface area contributed by atoms with Crippen LogP contribution in [-0.4, -0.2) is 30.2 Å². The van der Waals surface area contributed by atoms with Crippen molar-refractivity contribution in [2.75, 3.05) is 20.2 Å². The molecule has 0 aromatic heterocycles. The summed E-state index contributed by atoms with van der Waals surface area (Å²) in [5.41, 5.74) is 0.938. The monoisotopic (exact) mass is 223 g/mol. The largest absolute Gasteiger partial charge is 0.507 e. The number of phenols is 1. The molecule has 0 unspecified atom stereocenters. The van der Waals surface area contributed by atoms with Crippen molar-refractivity contribution in [3.8, 4) is 11.5 Å². The SMILES string of the molecule is CCCOc1ccc(CN(C)CC)c(O)c1. The Morgan fingerprint density at radius 1 is 1.31 bits per heavy atom. The summed E-state index contributed by atoms with van der Waals surface area (Å²) in [6.45, 7) is 6.57. The molecule has 1 aromatic carbocycles. The van der Waals surface area contributed by atoms with Crippen LogP contribution in [0.3, 0.4) is 0 Å². The van der Waals surface area contributed by atoms with Crippen molar-refractivity contribution in [1.82, 2.24) is 4.90 Å². The number of hydrogen-bond donors (Lipinski definition) is 1. The number of phenolic OH excluding ortho intramolecular Hbond substituents is 1. The zero-order chi connectivity index (χ0) is 12.0. The number of rotatable bonds is 6. The number of nitrogens with zero attached hydrogens (tertiary/aromatic N) is 1. The smallest absolute Gasteiger partial charge is 0.123 e. The molecule has 0 atom stereocenters. The molecule has 0 aliphatic heterocycles. The first-order valence-electron chi connectivity index (χ1n) is 5.80. The Labute approximate surface area is 97.7 Å². The van der Waals surface area contributed by atoms with E-state index >= 15 is 0 Å². The lowest BCUT2D eigenvalue weighted by molar-refractivity contribution is 0.312. The van der Waals surface area contributed by atoms with Crippen LogP contribution >= 0.6 is 0 Å². The zero-order valence-electron chi connectivity index (χ0n) is 10.4. The van der Waals surface area contributed by atoms with Crippen molar-refractivity contribution in [3.63, 3.8) is 0 Å². The minimum Gasteiger partial charge on any atom is -0.507 e. The lowest BCUT2D eigenvalue weighted by Crippen LogP contribution is -2.16. The quantitative estimate of drug-likeness (QED) is 0.804. The van der Waals surface area contributed by atoms with Gasteiger partial charge in [-0.2, -0.15) is 0 Å². The second-order valence-corrected chi connectivity index (χ2v) is 3.97. The third kappa shape index (κ3) is 3.74. The van der Waals surface area contributed by atoms with E-state index in [4.69, 9.17) is 4.74 Å². The second-order valence-electron chi connectivity index (χ2n) is 3.97. The first kappa shape index (κ1) is 12.8. The molecule has 0 aliphatic rings. The molecule has 0 saturated heterocycles. The predicted octanol–water partition coefficient (Wildman–Crippen LogP) is 2.63. The van der Waals surface area contributed by atoms with Gasteiger partial charge in [0, 0.05) is 18.2 Å². The standard InChI is InChI=1S/C13H21NO2/c1-4-8-16-12-7-6-11(13(15)9-12)10-14(3)5-2/h6-7,9,15H,4-5,8,10H2,1-3H3. The third-order valence-electron chi connectivity index (χ3n) is 2.51. The van der Waals surface area contributed by atoms with Gasteiger partial charge < -0.3 is 14.7 Å². The molecule has 16 heavy (non-hydrogen) atoms. The minimum atomic E-state index is 0.314. The molecule has 0 fully saturated rings. The Morgan fingerprint density at radius 2 is 2.06 bits per heavy atom. The van der Waals surface area contributed by atoms with E-state index in [1.54, 1.807) is 6.07 Å². The zero-order valence-corrected chi connectivity index (χ0v) is 10.4. The van der Waals surface area contributed by atoms with Gasteiger partial charge in [0.25, 0.3) is 0 Å². The summed E-state index contributed by atoms with van der Waals surface area (Å²) in [6, 6.07) is 5.52. The molecule has 0 aliphatic carbocycles. The average Bonchev–Trinajstić information content (AvgIpc) is 2.29. The molecule has 3 heteroatoms. The molecule has 90 valence electrons. The normalized spacial score (nSPS) is 10.8. The molecule has 3 nitrogen and oxygen atoms in total. The van der Waals surface area contributed by atoms with E-state index in [9.17, 15) is 5.11 Å². The Morgan fingerprint density at radius 3 is 2.62 bits per heavy atom. The summed E-state index contributed by atoms with van der Waals surface area (Å²) >= 11 is 0. The highest BCUT2D eigenvalue weighted by Gasteiger charge is 2.05. The molecule has 1 rings (SSSR count). The van der Waals surface area contributed by atoms with Crippen LogP contribution in [0.5, 0.6) is 11.5 Å². The lowest BCUT2D eigenvalue weighted by atomic mass is 10.2. The van der Waals surface area contributed by atoms with E-state index < -0.39 is 0 Å². The van der Waals surface area contributed by atoms with Crippen LogP contribution in [0.25, 0.3) is 0 Å². The number of aromatic hydroxyl groups is 1. The Balaban J connectivity index is 2.67. The molecule has 0 amide bonds. The van der Waals surface area contributed by atoms with Crippen LogP contribution in [-0.2, 0) is 6.54 Å². The third-order valence-corrected chi connectivity index (χ3v) is 2.51. The van der Waals surface area contributed by atoms with E-state index in [0.29, 0.717) is 12.4 Å². The maximum atomic E-state index is 9.83. The van der Waals surface area contributed by atoms with Crippen LogP contribution < -0.4 is 4.74 Å². The van der Waals surface area contributed by atoms with Crippen molar-refractivity contribution >= 4 is 0 Å². The van der Waals surface area contributed by atoms with Gasteiger partial charge in [-0.3, -0.25) is 0 Å². The fourth-order valence-corrected chi connectivity index (χ4v) is 1.39. The molecule has 0 bridgehead atoms. The molecule has 0 spiro atoms. The maximum Gasteiger partial charge on any atom is 0.123 e. The molecular formula is C13H21NO2. The van der Waals surface area contributed by atoms with E-state index in [1.165, 1.54) is 0 Å². The fraction of sp³-hybridized carbons (Fsp3) is 0.538. The topological polar surface area (TPSA) is 32.7 Å². The number of ether oxygens (including phenoxy) is 1. The van der Waals surface area contributed by atoms with E-state index in [0.717, 1.165) is 30.8 Å². The van der Waals surface area contributed by atoms with Crippen molar-refractivity contribution in [3.05, 3.63) is 23.8 Å². The van der Waals surface area contributed by atoms with Crippen molar-refractivity contribution in [2.24, 2.45) is 0 Å². The minimum absolute atomic E-state index is 0.314. The van der Waals surface area contributed by atoms with Gasteiger partial charge in [0.05, 0.1) is 6.61 Å². The van der Waals surface area contributed by atoms with Gasteiger partial charge in [-0.05, 0) is 26.1 Å². The van der Waals surface area contributed by atoms with Crippen LogP contribution in [0.2, 0.25) is 0 Å². The summed E-state index contributed by atoms with van der Waals surface area (Å²) in [6.07, 6.45) is 0.973. The fourth-order valence-electron chi connectivity index (χ4n) is 1.39. The van der Waals surface area contributed by atoms with Crippen molar-refractivity contribution in [2.45, 2.75) is 26.8 Å². The molecule has 1 aromatic rings. The predicted molar refractivity (Wildman–Crippen MR) is 65.9 cm³/mol. The summed E-state index contributed by atoms with van der Waals surface area (Å²) < 4.78 is 5.45. The molecule has 0 heterocycles. The highest BCUT2D eigenvalue weighted by Crippen LogP contribution is 2.24. The second kappa shape index (κ2) is 6.38. The Hall–Kier alpha value is -1.22. The molecule has 0 saturated carbocycles. The van der Waals surface area contributed by atoms with Gasteiger partial charge in [0.2, 0.25) is 0 Å². The van der Waals surface area contributed by atoms with Gasteiger partial charge in [-0.1, -0.05) is 19.9 Å². The van der Waals surface area contributed by atoms with E-state index in [2.05, 4.69) is 18.7 Å². The van der Waals surface area contributed by atoms with Crippen LogP contribution in [0.4, 0.5) is 0 Å². The van der Waals surface area contributed by atoms with Crippen LogP contribution in [0.15, 0.2) is 18.2 Å². The summed E-state index contributed by atoms with van der Waals surface area (Å²) in [4.78, 5) is 2.14. The van der Waals surface area contributed by atoms with Gasteiger partial charge in [0.15, 0.2) is 0 Å². The summed E-state index contributed by atoms with van der Waals surface area (Å²) in [7, 11) is 2.03.